The van der Waals surface area contributed by atoms with E-state index in [0.29, 0.717) is 0 Å². The Bertz CT molecular complexity index is 1660. The lowest BCUT2D eigenvalue weighted by atomic mass is 9.60. The lowest BCUT2D eigenvalue weighted by Gasteiger charge is -2.43. The van der Waals surface area contributed by atoms with Gasteiger partial charge in [-0.05, 0) is 17.5 Å². The van der Waals surface area contributed by atoms with Crippen LogP contribution in [0.2, 0.25) is 0 Å². The maximum absolute atomic E-state index is 2.68. The number of benzene rings is 3. The average molecular weight is 402 g/mol. The first kappa shape index (κ1) is 16.5. The van der Waals surface area contributed by atoms with E-state index in [1.165, 1.54) is 66.5 Å². The van der Waals surface area contributed by atoms with Crippen LogP contribution in [0.25, 0.3) is 38.6 Å². The zero-order valence-corrected chi connectivity index (χ0v) is 18.5. The van der Waals surface area contributed by atoms with Crippen LogP contribution in [0.1, 0.15) is 55.6 Å². The molecule has 2 heteroatoms. The standard InChI is InChI=1S/C29H25N2/c1-28(2)20-13-12-18-14-17-10-11-19-15-30-24(16-8-6-5-7-9-16)26(29(28,3)4)31-25(20)22(18)21(17)23(19)27(30)31/h5-13H,14-15H2,1-4H3/q+1. The predicted molar refractivity (Wildman–Crippen MR) is 126 cm³/mol. The molecule has 31 heavy (non-hydrogen) atoms. The zero-order chi connectivity index (χ0) is 20.9. The van der Waals surface area contributed by atoms with Crippen LogP contribution in [-0.2, 0) is 23.8 Å². The van der Waals surface area contributed by atoms with E-state index in [1.54, 1.807) is 0 Å². The molecular weight excluding hydrogens is 376 g/mol. The molecule has 0 spiro atoms. The fraction of sp³-hybridized carbons (Fsp3) is 0.276. The maximum atomic E-state index is 2.68. The summed E-state index contributed by atoms with van der Waals surface area (Å²) in [4.78, 5) is 0. The summed E-state index contributed by atoms with van der Waals surface area (Å²) < 4.78 is 5.30. The summed E-state index contributed by atoms with van der Waals surface area (Å²) in [6, 6.07) is 20.7. The van der Waals surface area contributed by atoms with Crippen molar-refractivity contribution < 1.29 is 4.57 Å². The van der Waals surface area contributed by atoms with E-state index in [2.05, 4.69) is 91.3 Å². The summed E-state index contributed by atoms with van der Waals surface area (Å²) in [6.45, 7) is 10.8. The van der Waals surface area contributed by atoms with Gasteiger partial charge in [0.05, 0.1) is 5.39 Å². The van der Waals surface area contributed by atoms with Gasteiger partial charge < -0.3 is 0 Å². The third-order valence-corrected chi connectivity index (χ3v) is 9.11. The summed E-state index contributed by atoms with van der Waals surface area (Å²) in [5, 5.41) is 4.55. The molecule has 0 fully saturated rings. The van der Waals surface area contributed by atoms with Crippen molar-refractivity contribution in [3.63, 3.8) is 0 Å². The van der Waals surface area contributed by atoms with Gasteiger partial charge in [-0.1, -0.05) is 82.3 Å². The zero-order valence-electron chi connectivity index (χ0n) is 18.5. The molecule has 0 saturated heterocycles. The Kier molecular flexibility index (Phi) is 2.51. The molecule has 0 N–H and O–H groups in total. The summed E-state index contributed by atoms with van der Waals surface area (Å²) >= 11 is 0. The van der Waals surface area contributed by atoms with E-state index in [1.807, 2.05) is 0 Å². The van der Waals surface area contributed by atoms with Gasteiger partial charge in [0.15, 0.2) is 11.4 Å². The average Bonchev–Trinajstić information content (AvgIpc) is 3.41. The van der Waals surface area contributed by atoms with Crippen molar-refractivity contribution in [3.05, 3.63) is 82.5 Å². The first-order valence-corrected chi connectivity index (χ1v) is 11.5. The van der Waals surface area contributed by atoms with Crippen molar-refractivity contribution in [2.75, 3.05) is 0 Å². The summed E-state index contributed by atoms with van der Waals surface area (Å²) in [6.07, 6.45) is 1.07. The van der Waals surface area contributed by atoms with E-state index in [-0.39, 0.29) is 10.8 Å². The molecule has 1 aliphatic carbocycles. The van der Waals surface area contributed by atoms with E-state index in [0.717, 1.165) is 13.0 Å². The topological polar surface area (TPSA) is 8.29 Å². The first-order chi connectivity index (χ1) is 14.9. The molecule has 3 aromatic carbocycles. The molecule has 0 saturated carbocycles. The van der Waals surface area contributed by atoms with E-state index in [4.69, 9.17) is 0 Å². The molecule has 0 bridgehead atoms. The van der Waals surface area contributed by atoms with Crippen LogP contribution in [-0.4, -0.2) is 4.40 Å². The third kappa shape index (κ3) is 1.54. The fourth-order valence-corrected chi connectivity index (χ4v) is 6.96. The number of aromatic nitrogens is 2. The lowest BCUT2D eigenvalue weighted by Crippen LogP contribution is -2.45. The van der Waals surface area contributed by atoms with Crippen molar-refractivity contribution in [1.29, 1.82) is 0 Å². The lowest BCUT2D eigenvalue weighted by molar-refractivity contribution is -0.646. The van der Waals surface area contributed by atoms with Crippen molar-refractivity contribution in [3.8, 4) is 11.3 Å². The molecule has 0 radical (unpaired) electrons. The smallest absolute Gasteiger partial charge is 0.218 e. The van der Waals surface area contributed by atoms with Crippen molar-refractivity contribution in [2.24, 2.45) is 0 Å². The van der Waals surface area contributed by atoms with Crippen LogP contribution in [0, 0.1) is 0 Å². The SMILES string of the molecule is CC1(C)c2ccc3c4c5c(ccc6c5c5n(c(c(-c7ccccc7)[n+]5C6)C1(C)C)c24)C3. The Morgan fingerprint density at radius 3 is 2.26 bits per heavy atom. The van der Waals surface area contributed by atoms with Gasteiger partial charge in [0, 0.05) is 38.3 Å². The van der Waals surface area contributed by atoms with E-state index < -0.39 is 0 Å². The van der Waals surface area contributed by atoms with Crippen molar-refractivity contribution in [2.45, 2.75) is 51.5 Å². The molecule has 4 heterocycles. The molecule has 2 aliphatic heterocycles. The minimum atomic E-state index is -0.00929. The third-order valence-electron chi connectivity index (χ3n) is 9.11. The fourth-order valence-electron chi connectivity index (χ4n) is 6.96. The highest BCUT2D eigenvalue weighted by Gasteiger charge is 2.54. The molecule has 3 aliphatic rings. The molecule has 0 atom stereocenters. The minimum absolute atomic E-state index is 0.00929. The second-order valence-electron chi connectivity index (χ2n) is 10.9. The van der Waals surface area contributed by atoms with Crippen molar-refractivity contribution >= 4 is 27.3 Å². The van der Waals surface area contributed by atoms with E-state index in [9.17, 15) is 0 Å². The number of rotatable bonds is 1. The Balaban J connectivity index is 1.77. The van der Waals surface area contributed by atoms with Crippen molar-refractivity contribution in [1.82, 2.24) is 4.40 Å². The molecular formula is C29H25N2+. The normalized spacial score (nSPS) is 18.6. The number of hydrogen-bond acceptors (Lipinski definition) is 0. The number of pyridine rings is 1. The summed E-state index contributed by atoms with van der Waals surface area (Å²) in [7, 11) is 0. The Morgan fingerprint density at radius 1 is 0.742 bits per heavy atom. The Morgan fingerprint density at radius 2 is 1.45 bits per heavy atom. The van der Waals surface area contributed by atoms with Gasteiger partial charge >= 0.3 is 0 Å². The van der Waals surface area contributed by atoms with Crippen LogP contribution in [0.5, 0.6) is 0 Å². The first-order valence-electron chi connectivity index (χ1n) is 11.5. The molecule has 0 unspecified atom stereocenters. The molecule has 8 rings (SSSR count). The van der Waals surface area contributed by atoms with Crippen LogP contribution in [0.3, 0.4) is 0 Å². The molecule has 0 amide bonds. The molecule has 2 nitrogen and oxygen atoms in total. The second kappa shape index (κ2) is 4.70. The van der Waals surface area contributed by atoms with Crippen LogP contribution >= 0.6 is 0 Å². The van der Waals surface area contributed by atoms with E-state index >= 15 is 0 Å². The molecule has 5 aromatic rings. The number of nitrogens with zero attached hydrogens (tertiary/aromatic N) is 2. The van der Waals surface area contributed by atoms with Gasteiger partial charge in [-0.25, -0.2) is 4.57 Å². The minimum Gasteiger partial charge on any atom is -0.218 e. The molecule has 150 valence electrons. The van der Waals surface area contributed by atoms with Gasteiger partial charge in [-0.15, -0.1) is 0 Å². The second-order valence-corrected chi connectivity index (χ2v) is 10.9. The quantitative estimate of drug-likeness (QED) is 0.234. The highest BCUT2D eigenvalue weighted by Crippen LogP contribution is 2.56. The van der Waals surface area contributed by atoms with Crippen LogP contribution in [0.4, 0.5) is 0 Å². The highest BCUT2D eigenvalue weighted by atomic mass is 15.2. The van der Waals surface area contributed by atoms with Gasteiger partial charge in [0.2, 0.25) is 0 Å². The van der Waals surface area contributed by atoms with Gasteiger partial charge in [-0.2, -0.15) is 4.40 Å². The van der Waals surface area contributed by atoms with Gasteiger partial charge in [-0.3, -0.25) is 0 Å². The monoisotopic (exact) mass is 401 g/mol. The number of hydrogen-bond donors (Lipinski definition) is 0. The highest BCUT2D eigenvalue weighted by molar-refractivity contribution is 6.19. The summed E-state index contributed by atoms with van der Waals surface area (Å²) in [5.74, 6) is 0. The summed E-state index contributed by atoms with van der Waals surface area (Å²) in [5.41, 5.74) is 13.1. The largest absolute Gasteiger partial charge is 0.296 e. The van der Waals surface area contributed by atoms with Gasteiger partial charge in [0.25, 0.3) is 5.65 Å². The van der Waals surface area contributed by atoms with Crippen LogP contribution in [0.15, 0.2) is 54.6 Å². The van der Waals surface area contributed by atoms with Gasteiger partial charge in [0.1, 0.15) is 12.1 Å². The predicted octanol–water partition coefficient (Wildman–Crippen LogP) is 6.03. The molecule has 2 aromatic heterocycles. The number of imidazole rings is 1. The maximum Gasteiger partial charge on any atom is 0.296 e. The van der Waals surface area contributed by atoms with Crippen LogP contribution < -0.4 is 4.57 Å². The Hall–Kier alpha value is -3.13. The Labute approximate surface area is 181 Å².